The van der Waals surface area contributed by atoms with Gasteiger partial charge in [-0.25, -0.2) is 0 Å². The maximum Gasteiger partial charge on any atom is 0.0972 e. The van der Waals surface area contributed by atoms with Crippen LogP contribution in [0.3, 0.4) is 0 Å². The molecule has 1 N–H and O–H groups in total. The van der Waals surface area contributed by atoms with Crippen molar-refractivity contribution in [2.24, 2.45) is 0 Å². The van der Waals surface area contributed by atoms with Gasteiger partial charge in [-0.15, -0.1) is 0 Å². The number of rotatable bonds is 6. The van der Waals surface area contributed by atoms with Crippen molar-refractivity contribution in [2.75, 3.05) is 5.32 Å². The summed E-state index contributed by atoms with van der Waals surface area (Å²) in [5.74, 6) is 1.07. The Bertz CT molecular complexity index is 532. The van der Waals surface area contributed by atoms with E-state index in [1.807, 2.05) is 0 Å². The highest BCUT2D eigenvalue weighted by atomic mass is 28.3. The first-order valence-electron chi connectivity index (χ1n) is 8.96. The van der Waals surface area contributed by atoms with E-state index in [4.69, 9.17) is 0 Å². The van der Waals surface area contributed by atoms with Crippen LogP contribution in [0.2, 0.25) is 39.3 Å². The third kappa shape index (κ3) is 5.96. The first kappa shape index (κ1) is 20.2. The van der Waals surface area contributed by atoms with Gasteiger partial charge < -0.3 is 5.32 Å². The monoisotopic (exact) mass is 347 g/mol. The molecule has 1 nitrogen and oxygen atoms in total. The van der Waals surface area contributed by atoms with Crippen LogP contribution in [0.5, 0.6) is 0 Å². The summed E-state index contributed by atoms with van der Waals surface area (Å²) in [4.78, 5) is 0. The van der Waals surface area contributed by atoms with E-state index < -0.39 is 16.1 Å². The summed E-state index contributed by atoms with van der Waals surface area (Å²) in [5, 5.41) is 5.44. The highest BCUT2D eigenvalue weighted by Gasteiger charge is 2.25. The fraction of sp³-hybridized carbons (Fsp3) is 0.600. The van der Waals surface area contributed by atoms with Gasteiger partial charge >= 0.3 is 0 Å². The molecule has 0 bridgehead atoms. The molecule has 23 heavy (non-hydrogen) atoms. The van der Waals surface area contributed by atoms with Gasteiger partial charge in [-0.3, -0.25) is 0 Å². The summed E-state index contributed by atoms with van der Waals surface area (Å²) in [6.45, 7) is 23.8. The number of para-hydroxylation sites is 1. The molecule has 0 saturated heterocycles. The van der Waals surface area contributed by atoms with E-state index in [0.717, 1.165) is 0 Å². The molecule has 0 spiro atoms. The van der Waals surface area contributed by atoms with Crippen molar-refractivity contribution in [2.45, 2.75) is 78.8 Å². The molecule has 0 aliphatic rings. The number of anilines is 1. The smallest absolute Gasteiger partial charge is 0.0972 e. The maximum absolute atomic E-state index is 3.93. The zero-order chi connectivity index (χ0) is 18.0. The molecular weight excluding hydrogens is 310 g/mol. The van der Waals surface area contributed by atoms with Crippen molar-refractivity contribution in [3.05, 3.63) is 40.3 Å². The van der Waals surface area contributed by atoms with Crippen molar-refractivity contribution in [3.63, 3.8) is 0 Å². The lowest BCUT2D eigenvalue weighted by Crippen LogP contribution is -2.33. The van der Waals surface area contributed by atoms with E-state index in [0.29, 0.717) is 11.8 Å². The van der Waals surface area contributed by atoms with Crippen LogP contribution in [0.1, 0.15) is 50.7 Å². The lowest BCUT2D eigenvalue weighted by molar-refractivity contribution is 0.837. The second-order valence-corrected chi connectivity index (χ2v) is 19.5. The zero-order valence-electron chi connectivity index (χ0n) is 17.0. The minimum absolute atomic E-state index is 0.533. The molecule has 0 aliphatic heterocycles. The second kappa shape index (κ2) is 7.39. The van der Waals surface area contributed by atoms with Crippen LogP contribution < -0.4 is 5.32 Å². The largest absolute Gasteiger partial charge is 0.363 e. The van der Waals surface area contributed by atoms with E-state index in [9.17, 15) is 0 Å². The Hall–Kier alpha value is -0.806. The highest BCUT2D eigenvalue weighted by molar-refractivity contribution is 6.88. The van der Waals surface area contributed by atoms with Gasteiger partial charge in [0.2, 0.25) is 0 Å². The fourth-order valence-electron chi connectivity index (χ4n) is 2.70. The van der Waals surface area contributed by atoms with Gasteiger partial charge in [0.05, 0.1) is 16.1 Å². The molecule has 0 aromatic heterocycles. The van der Waals surface area contributed by atoms with E-state index >= 15 is 0 Å². The molecule has 130 valence electrons. The highest BCUT2D eigenvalue weighted by Crippen LogP contribution is 2.34. The van der Waals surface area contributed by atoms with Gasteiger partial charge in [0.25, 0.3) is 0 Å². The number of hydrogen-bond donors (Lipinski definition) is 1. The molecule has 0 radical (unpaired) electrons. The summed E-state index contributed by atoms with van der Waals surface area (Å²) in [7, 11) is -2.67. The molecule has 3 heteroatoms. The van der Waals surface area contributed by atoms with Crippen molar-refractivity contribution >= 4 is 21.8 Å². The van der Waals surface area contributed by atoms with Crippen molar-refractivity contribution < 1.29 is 0 Å². The Balaban J connectivity index is 3.47. The van der Waals surface area contributed by atoms with E-state index in [2.05, 4.69) is 96.2 Å². The van der Waals surface area contributed by atoms with Crippen LogP contribution in [0.4, 0.5) is 5.69 Å². The number of hydrogen-bond acceptors (Lipinski definition) is 1. The van der Waals surface area contributed by atoms with E-state index in [-0.39, 0.29) is 0 Å². The van der Waals surface area contributed by atoms with Gasteiger partial charge in [-0.05, 0) is 28.3 Å². The molecule has 0 unspecified atom stereocenters. The summed E-state index contributed by atoms with van der Waals surface area (Å²) in [6.07, 6.45) is 0. The Morgan fingerprint density at radius 1 is 0.870 bits per heavy atom. The quantitative estimate of drug-likeness (QED) is 0.547. The Morgan fingerprint density at radius 2 is 1.30 bits per heavy atom. The number of benzene rings is 1. The Labute approximate surface area is 146 Å². The Kier molecular flexibility index (Phi) is 6.50. The fourth-order valence-corrected chi connectivity index (χ4v) is 7.17. The minimum Gasteiger partial charge on any atom is -0.363 e. The summed E-state index contributed by atoms with van der Waals surface area (Å²) < 4.78 is 0. The maximum atomic E-state index is 3.93. The lowest BCUT2D eigenvalue weighted by Gasteiger charge is -2.29. The molecule has 0 saturated carbocycles. The standard InChI is InChI=1S/C20H37NSi2/c1-15(2)17-12-11-13-18(16(3)4)20(17)21-19(23(8,9)10)14-22(5,6)7/h11-16,21H,1-10H3/b19-14-. The van der Waals surface area contributed by atoms with Crippen LogP contribution >= 0.6 is 0 Å². The zero-order valence-corrected chi connectivity index (χ0v) is 19.0. The first-order chi connectivity index (χ1) is 10.3. The molecule has 0 heterocycles. The van der Waals surface area contributed by atoms with Crippen molar-refractivity contribution in [1.29, 1.82) is 0 Å². The van der Waals surface area contributed by atoms with Gasteiger partial charge in [-0.1, -0.05) is 90.9 Å². The van der Waals surface area contributed by atoms with Crippen LogP contribution in [0.25, 0.3) is 0 Å². The van der Waals surface area contributed by atoms with E-state index in [1.165, 1.54) is 22.1 Å². The van der Waals surface area contributed by atoms with E-state index in [1.54, 1.807) is 0 Å². The molecule has 1 aromatic carbocycles. The SMILES string of the molecule is CC(C)c1cccc(C(C)C)c1N/C(=C/[Si](C)(C)C)[Si](C)(C)C. The van der Waals surface area contributed by atoms with Crippen molar-refractivity contribution in [1.82, 2.24) is 0 Å². The average molecular weight is 348 g/mol. The molecule has 1 rings (SSSR count). The molecule has 0 fully saturated rings. The van der Waals surface area contributed by atoms with Gasteiger partial charge in [0.15, 0.2) is 0 Å². The predicted molar refractivity (Wildman–Crippen MR) is 113 cm³/mol. The summed E-state index contributed by atoms with van der Waals surface area (Å²) in [6, 6.07) is 6.79. The second-order valence-electron chi connectivity index (χ2n) is 9.42. The lowest BCUT2D eigenvalue weighted by atomic mass is 9.93. The van der Waals surface area contributed by atoms with Crippen molar-refractivity contribution in [3.8, 4) is 0 Å². The molecular formula is C20H37NSi2. The molecule has 1 aromatic rings. The average Bonchev–Trinajstić information content (AvgIpc) is 2.34. The van der Waals surface area contributed by atoms with Gasteiger partial charge in [0.1, 0.15) is 0 Å². The number of nitrogens with one attached hydrogen (secondary N) is 1. The summed E-state index contributed by atoms with van der Waals surface area (Å²) >= 11 is 0. The Morgan fingerprint density at radius 3 is 1.61 bits per heavy atom. The predicted octanol–water partition coefficient (Wildman–Crippen LogP) is 6.98. The van der Waals surface area contributed by atoms with Crippen LogP contribution in [0.15, 0.2) is 29.2 Å². The molecule has 0 amide bonds. The molecule has 0 atom stereocenters. The topological polar surface area (TPSA) is 12.0 Å². The minimum atomic E-state index is -1.41. The van der Waals surface area contributed by atoms with Gasteiger partial charge in [-0.2, -0.15) is 0 Å². The van der Waals surface area contributed by atoms with Crippen LogP contribution in [0, 0.1) is 0 Å². The third-order valence-corrected chi connectivity index (χ3v) is 7.35. The van der Waals surface area contributed by atoms with Crippen LogP contribution in [-0.2, 0) is 0 Å². The van der Waals surface area contributed by atoms with Crippen LogP contribution in [-0.4, -0.2) is 16.1 Å². The molecule has 0 aliphatic carbocycles. The first-order valence-corrected chi connectivity index (χ1v) is 16.0. The summed E-state index contributed by atoms with van der Waals surface area (Å²) in [5.41, 5.74) is 6.83. The third-order valence-electron chi connectivity index (χ3n) is 4.02. The normalized spacial score (nSPS) is 13.8. The van der Waals surface area contributed by atoms with Gasteiger partial charge in [0, 0.05) is 5.69 Å².